The summed E-state index contributed by atoms with van der Waals surface area (Å²) in [6, 6.07) is 0.588. The van der Waals surface area contributed by atoms with Gasteiger partial charge in [-0.05, 0) is 20.3 Å². The molecule has 0 aromatic rings. The third kappa shape index (κ3) is 2.47. The van der Waals surface area contributed by atoms with Crippen LogP contribution in [0, 0.1) is 0 Å². The first-order valence-corrected chi connectivity index (χ1v) is 5.54. The van der Waals surface area contributed by atoms with E-state index in [1.54, 1.807) is 0 Å². The third-order valence-corrected chi connectivity index (χ3v) is 3.07. The number of hydrogen-bond acceptors (Lipinski definition) is 3. The van der Waals surface area contributed by atoms with Crippen molar-refractivity contribution in [1.82, 2.24) is 4.90 Å². The lowest BCUT2D eigenvalue weighted by atomic mass is 10.1. The van der Waals surface area contributed by atoms with Gasteiger partial charge in [0.2, 0.25) is 0 Å². The smallest absolute Gasteiger partial charge is 0.149 e. The molecule has 0 radical (unpaired) electrons. The number of rotatable bonds is 3. The Morgan fingerprint density at radius 3 is 2.69 bits per heavy atom. The normalized spacial score (nSPS) is 29.9. The van der Waals surface area contributed by atoms with E-state index in [4.69, 9.17) is 0 Å². The van der Waals surface area contributed by atoms with Gasteiger partial charge in [-0.25, -0.2) is 0 Å². The molecule has 0 aliphatic carbocycles. The first-order chi connectivity index (χ1) is 6.06. The first-order valence-electron chi connectivity index (χ1n) is 5.02. The number of ketones is 1. The summed E-state index contributed by atoms with van der Waals surface area (Å²) in [5.74, 6) is 0.366. The summed E-state index contributed by atoms with van der Waals surface area (Å²) in [6.07, 6.45) is 1.57. The van der Waals surface area contributed by atoms with Crippen LogP contribution in [0.2, 0.25) is 0 Å². The highest BCUT2D eigenvalue weighted by Crippen LogP contribution is 2.25. The molecule has 2 unspecified atom stereocenters. The van der Waals surface area contributed by atoms with E-state index >= 15 is 0 Å². The molecule has 1 saturated heterocycles. The van der Waals surface area contributed by atoms with Gasteiger partial charge in [0.1, 0.15) is 5.78 Å². The van der Waals surface area contributed by atoms with Gasteiger partial charge in [-0.2, -0.15) is 12.6 Å². The molecule has 2 atom stereocenters. The van der Waals surface area contributed by atoms with Gasteiger partial charge in [-0.1, -0.05) is 6.92 Å². The molecule has 1 aliphatic rings. The highest BCUT2D eigenvalue weighted by atomic mass is 32.1. The van der Waals surface area contributed by atoms with Crippen LogP contribution in [0.3, 0.4) is 0 Å². The quantitative estimate of drug-likeness (QED) is 0.702. The molecule has 0 aromatic heterocycles. The third-order valence-electron chi connectivity index (χ3n) is 2.70. The largest absolute Gasteiger partial charge is 0.298 e. The maximum atomic E-state index is 11.6. The second-order valence-corrected chi connectivity index (χ2v) is 4.75. The molecular weight excluding hydrogens is 182 g/mol. The van der Waals surface area contributed by atoms with Crippen molar-refractivity contribution in [3.63, 3.8) is 0 Å². The van der Waals surface area contributed by atoms with E-state index in [0.717, 1.165) is 13.0 Å². The van der Waals surface area contributed by atoms with Gasteiger partial charge in [0.05, 0.1) is 6.04 Å². The highest BCUT2D eigenvalue weighted by molar-refractivity contribution is 7.81. The van der Waals surface area contributed by atoms with Crippen LogP contribution in [0.4, 0.5) is 0 Å². The van der Waals surface area contributed by atoms with Crippen molar-refractivity contribution < 1.29 is 4.79 Å². The maximum Gasteiger partial charge on any atom is 0.149 e. The molecule has 3 heteroatoms. The zero-order valence-corrected chi connectivity index (χ0v) is 9.55. The standard InChI is InChI=1S/C10H19NOS/c1-4-10(12)9-5-8(13)6-11(9)7(2)3/h7-9,13H,4-6H2,1-3H3. The lowest BCUT2D eigenvalue weighted by Gasteiger charge is -2.26. The summed E-state index contributed by atoms with van der Waals surface area (Å²) in [7, 11) is 0. The van der Waals surface area contributed by atoms with Crippen LogP contribution in [0.25, 0.3) is 0 Å². The Hall–Kier alpha value is -0.0200. The second kappa shape index (κ2) is 4.47. The summed E-state index contributed by atoms with van der Waals surface area (Å²) in [6.45, 7) is 7.17. The minimum atomic E-state index is 0.132. The zero-order valence-electron chi connectivity index (χ0n) is 8.66. The van der Waals surface area contributed by atoms with E-state index in [2.05, 4.69) is 31.4 Å². The molecule has 1 heterocycles. The van der Waals surface area contributed by atoms with Crippen LogP contribution in [-0.2, 0) is 4.79 Å². The van der Waals surface area contributed by atoms with Crippen molar-refractivity contribution in [3.8, 4) is 0 Å². The van der Waals surface area contributed by atoms with E-state index in [0.29, 0.717) is 23.5 Å². The summed E-state index contributed by atoms with van der Waals surface area (Å²) in [4.78, 5) is 13.9. The fourth-order valence-corrected chi connectivity index (χ4v) is 2.35. The summed E-state index contributed by atoms with van der Waals surface area (Å²) < 4.78 is 0. The van der Waals surface area contributed by atoms with Gasteiger partial charge in [0.15, 0.2) is 0 Å². The number of hydrogen-bond donors (Lipinski definition) is 1. The number of Topliss-reactive ketones (excluding diaryl/α,β-unsaturated/α-hetero) is 1. The monoisotopic (exact) mass is 201 g/mol. The molecule has 0 saturated carbocycles. The zero-order chi connectivity index (χ0) is 10.0. The minimum Gasteiger partial charge on any atom is -0.298 e. The van der Waals surface area contributed by atoms with Gasteiger partial charge < -0.3 is 0 Å². The number of nitrogens with zero attached hydrogens (tertiary/aromatic N) is 1. The second-order valence-electron chi connectivity index (χ2n) is 4.02. The average Bonchev–Trinajstić information content (AvgIpc) is 2.46. The summed E-state index contributed by atoms with van der Waals surface area (Å²) in [5.41, 5.74) is 0. The van der Waals surface area contributed by atoms with Crippen molar-refractivity contribution in [1.29, 1.82) is 0 Å². The summed E-state index contributed by atoms with van der Waals surface area (Å²) >= 11 is 4.45. The molecule has 1 aliphatic heterocycles. The number of thiol groups is 1. The van der Waals surface area contributed by atoms with Crippen molar-refractivity contribution >= 4 is 18.4 Å². The van der Waals surface area contributed by atoms with E-state index < -0.39 is 0 Å². The molecule has 1 fully saturated rings. The van der Waals surface area contributed by atoms with Crippen molar-refractivity contribution in [3.05, 3.63) is 0 Å². The Morgan fingerprint density at radius 1 is 1.62 bits per heavy atom. The molecule has 0 bridgehead atoms. The number of carbonyl (C=O) groups excluding carboxylic acids is 1. The van der Waals surface area contributed by atoms with Gasteiger partial charge in [-0.3, -0.25) is 9.69 Å². The Kier molecular flexibility index (Phi) is 3.80. The van der Waals surface area contributed by atoms with Gasteiger partial charge >= 0.3 is 0 Å². The Morgan fingerprint density at radius 2 is 2.23 bits per heavy atom. The Labute approximate surface area is 86.1 Å². The van der Waals surface area contributed by atoms with Crippen molar-refractivity contribution in [2.24, 2.45) is 0 Å². The van der Waals surface area contributed by atoms with Gasteiger partial charge in [-0.15, -0.1) is 0 Å². The van der Waals surface area contributed by atoms with Crippen LogP contribution in [0.15, 0.2) is 0 Å². The van der Waals surface area contributed by atoms with Crippen LogP contribution in [0.5, 0.6) is 0 Å². The lowest BCUT2D eigenvalue weighted by molar-refractivity contribution is -0.123. The molecule has 0 N–H and O–H groups in total. The van der Waals surface area contributed by atoms with Gasteiger partial charge in [0.25, 0.3) is 0 Å². The van der Waals surface area contributed by atoms with Crippen LogP contribution < -0.4 is 0 Å². The molecule has 0 aromatic carbocycles. The lowest BCUT2D eigenvalue weighted by Crippen LogP contribution is -2.40. The van der Waals surface area contributed by atoms with E-state index in [1.165, 1.54) is 0 Å². The first kappa shape index (κ1) is 11.1. The molecule has 0 spiro atoms. The minimum absolute atomic E-state index is 0.132. The Balaban J connectivity index is 2.66. The van der Waals surface area contributed by atoms with Gasteiger partial charge in [0, 0.05) is 24.3 Å². The fourth-order valence-electron chi connectivity index (χ4n) is 1.96. The Bertz CT molecular complexity index is 193. The van der Waals surface area contributed by atoms with Crippen molar-refractivity contribution in [2.45, 2.75) is 50.9 Å². The maximum absolute atomic E-state index is 11.6. The predicted molar refractivity (Wildman–Crippen MR) is 58.3 cm³/mol. The molecule has 13 heavy (non-hydrogen) atoms. The predicted octanol–water partition coefficient (Wildman–Crippen LogP) is 1.75. The van der Waals surface area contributed by atoms with Crippen LogP contribution in [0.1, 0.15) is 33.6 Å². The molecule has 0 amide bonds. The SMILES string of the molecule is CCC(=O)C1CC(S)CN1C(C)C. The van der Waals surface area contributed by atoms with Crippen molar-refractivity contribution in [2.75, 3.05) is 6.54 Å². The van der Waals surface area contributed by atoms with Crippen LogP contribution >= 0.6 is 12.6 Å². The number of likely N-dealkylation sites (tertiary alicyclic amines) is 1. The van der Waals surface area contributed by atoms with E-state index in [1.807, 2.05) is 6.92 Å². The number of carbonyl (C=O) groups is 1. The average molecular weight is 201 g/mol. The highest BCUT2D eigenvalue weighted by Gasteiger charge is 2.35. The van der Waals surface area contributed by atoms with E-state index in [-0.39, 0.29) is 6.04 Å². The van der Waals surface area contributed by atoms with E-state index in [9.17, 15) is 4.79 Å². The molecular formula is C10H19NOS. The molecule has 76 valence electrons. The molecule has 1 rings (SSSR count). The topological polar surface area (TPSA) is 20.3 Å². The fraction of sp³-hybridized carbons (Fsp3) is 0.900. The summed E-state index contributed by atoms with van der Waals surface area (Å²) in [5, 5.41) is 0.378. The van der Waals surface area contributed by atoms with Crippen LogP contribution in [-0.4, -0.2) is 34.6 Å². The molecule has 2 nitrogen and oxygen atoms in total.